The predicted molar refractivity (Wildman–Crippen MR) is 102 cm³/mol. The average Bonchev–Trinajstić information content (AvgIpc) is 2.58. The summed E-state index contributed by atoms with van der Waals surface area (Å²) in [5.41, 5.74) is 1.72. The molecule has 7 heteroatoms. The largest absolute Gasteiger partial charge is 0.352 e. The molecule has 0 spiro atoms. The minimum atomic E-state index is -3.36. The van der Waals surface area contributed by atoms with Crippen LogP contribution in [0.15, 0.2) is 18.2 Å². The van der Waals surface area contributed by atoms with E-state index in [0.29, 0.717) is 23.4 Å². The first-order chi connectivity index (χ1) is 11.8. The number of piperidine rings is 1. The first-order valence-corrected chi connectivity index (χ1v) is 10.7. The molecule has 1 aliphatic rings. The molecule has 0 atom stereocenters. The molecular weight excluding hydrogens is 338 g/mol. The van der Waals surface area contributed by atoms with Crippen LogP contribution in [0.2, 0.25) is 0 Å². The van der Waals surface area contributed by atoms with Crippen LogP contribution < -0.4 is 9.62 Å². The fraction of sp³-hybridized carbons (Fsp3) is 0.611. The number of benzene rings is 1. The number of amides is 1. The van der Waals surface area contributed by atoms with E-state index in [2.05, 4.69) is 10.2 Å². The quantitative estimate of drug-likeness (QED) is 0.749. The van der Waals surface area contributed by atoms with Crippen molar-refractivity contribution in [3.05, 3.63) is 29.3 Å². The molecule has 0 saturated carbocycles. The molecule has 140 valence electrons. The van der Waals surface area contributed by atoms with Crippen LogP contribution in [-0.4, -0.2) is 58.7 Å². The van der Waals surface area contributed by atoms with E-state index >= 15 is 0 Å². The summed E-state index contributed by atoms with van der Waals surface area (Å²) in [6.45, 7) is 5.73. The van der Waals surface area contributed by atoms with Gasteiger partial charge in [-0.15, -0.1) is 0 Å². The predicted octanol–water partition coefficient (Wildman–Crippen LogP) is 2.00. The summed E-state index contributed by atoms with van der Waals surface area (Å²) in [5.74, 6) is -0.153. The zero-order valence-electron chi connectivity index (χ0n) is 15.4. The van der Waals surface area contributed by atoms with E-state index in [0.717, 1.165) is 32.3 Å². The van der Waals surface area contributed by atoms with Gasteiger partial charge in [0.1, 0.15) is 0 Å². The second-order valence-electron chi connectivity index (χ2n) is 6.69. The van der Waals surface area contributed by atoms with E-state index in [4.69, 9.17) is 0 Å². The summed E-state index contributed by atoms with van der Waals surface area (Å²) < 4.78 is 24.7. The monoisotopic (exact) mass is 367 g/mol. The van der Waals surface area contributed by atoms with Gasteiger partial charge in [-0.3, -0.25) is 9.10 Å². The van der Waals surface area contributed by atoms with Gasteiger partial charge in [-0.1, -0.05) is 12.5 Å². The highest BCUT2D eigenvalue weighted by molar-refractivity contribution is 7.92. The topological polar surface area (TPSA) is 69.7 Å². The molecule has 1 fully saturated rings. The van der Waals surface area contributed by atoms with E-state index < -0.39 is 10.0 Å². The van der Waals surface area contributed by atoms with E-state index in [1.807, 2.05) is 0 Å². The number of carbonyl (C=O) groups is 1. The average molecular weight is 368 g/mol. The molecule has 1 saturated heterocycles. The lowest BCUT2D eigenvalue weighted by molar-refractivity contribution is 0.0950. The molecule has 1 N–H and O–H groups in total. The molecule has 6 nitrogen and oxygen atoms in total. The van der Waals surface area contributed by atoms with Gasteiger partial charge < -0.3 is 10.2 Å². The zero-order chi connectivity index (χ0) is 18.4. The van der Waals surface area contributed by atoms with Gasteiger partial charge in [0.05, 0.1) is 11.9 Å². The number of carbonyl (C=O) groups excluding carboxylic acids is 1. The number of sulfonamides is 1. The molecule has 0 aliphatic carbocycles. The number of nitrogens with one attached hydrogen (secondary N) is 1. The maximum atomic E-state index is 12.4. The number of hydrogen-bond acceptors (Lipinski definition) is 4. The van der Waals surface area contributed by atoms with Crippen molar-refractivity contribution in [2.75, 3.05) is 43.8 Å². The normalized spacial score (nSPS) is 15.8. The minimum Gasteiger partial charge on any atom is -0.352 e. The first kappa shape index (κ1) is 19.7. The maximum absolute atomic E-state index is 12.4. The van der Waals surface area contributed by atoms with E-state index in [1.54, 1.807) is 25.1 Å². The van der Waals surface area contributed by atoms with Gasteiger partial charge in [-0.2, -0.15) is 0 Å². The number of nitrogens with zero attached hydrogens (tertiary/aromatic N) is 2. The number of anilines is 1. The summed E-state index contributed by atoms with van der Waals surface area (Å²) in [6.07, 6.45) is 5.94. The molecule has 0 aromatic heterocycles. The van der Waals surface area contributed by atoms with Crippen LogP contribution >= 0.6 is 0 Å². The van der Waals surface area contributed by atoms with Crippen LogP contribution in [0.25, 0.3) is 0 Å². The third kappa shape index (κ3) is 5.44. The number of likely N-dealkylation sites (tertiary alicyclic amines) is 1. The van der Waals surface area contributed by atoms with Gasteiger partial charge in [0.15, 0.2) is 0 Å². The van der Waals surface area contributed by atoms with Crippen LogP contribution in [0.5, 0.6) is 0 Å². The van der Waals surface area contributed by atoms with E-state index in [1.165, 1.54) is 30.6 Å². The summed E-state index contributed by atoms with van der Waals surface area (Å²) in [6, 6.07) is 5.16. The molecular formula is C18H29N3O3S. The molecule has 25 heavy (non-hydrogen) atoms. The molecule has 2 rings (SSSR count). The molecule has 0 bridgehead atoms. The Hall–Kier alpha value is -1.60. The SMILES string of the molecule is Cc1c(C(=O)NCCCN2CCCCC2)cccc1N(C)S(C)(=O)=O. The van der Waals surface area contributed by atoms with Crippen molar-refractivity contribution in [1.82, 2.24) is 10.2 Å². The van der Waals surface area contributed by atoms with Gasteiger partial charge in [-0.05, 0) is 63.5 Å². The van der Waals surface area contributed by atoms with Crippen molar-refractivity contribution >= 4 is 21.6 Å². The highest BCUT2D eigenvalue weighted by atomic mass is 32.2. The Balaban J connectivity index is 1.93. The van der Waals surface area contributed by atoms with Crippen LogP contribution in [-0.2, 0) is 10.0 Å². The van der Waals surface area contributed by atoms with Crippen LogP contribution in [0.4, 0.5) is 5.69 Å². The molecule has 1 heterocycles. The van der Waals surface area contributed by atoms with Crippen molar-refractivity contribution in [2.24, 2.45) is 0 Å². The van der Waals surface area contributed by atoms with Crippen LogP contribution in [0.1, 0.15) is 41.6 Å². The first-order valence-electron chi connectivity index (χ1n) is 8.85. The molecule has 0 radical (unpaired) electrons. The summed E-state index contributed by atoms with van der Waals surface area (Å²) in [4.78, 5) is 14.9. The van der Waals surface area contributed by atoms with Crippen LogP contribution in [0.3, 0.4) is 0 Å². The minimum absolute atomic E-state index is 0.153. The van der Waals surface area contributed by atoms with Gasteiger partial charge >= 0.3 is 0 Å². The van der Waals surface area contributed by atoms with E-state index in [-0.39, 0.29) is 5.91 Å². The van der Waals surface area contributed by atoms with E-state index in [9.17, 15) is 13.2 Å². The van der Waals surface area contributed by atoms with Crippen LogP contribution in [0, 0.1) is 6.92 Å². The summed E-state index contributed by atoms with van der Waals surface area (Å²) >= 11 is 0. The molecule has 0 unspecified atom stereocenters. The lowest BCUT2D eigenvalue weighted by atomic mass is 10.1. The van der Waals surface area contributed by atoms with Gasteiger partial charge in [0, 0.05) is 19.2 Å². The Labute approximate surface area is 151 Å². The Morgan fingerprint density at radius 3 is 2.56 bits per heavy atom. The van der Waals surface area contributed by atoms with Crippen molar-refractivity contribution < 1.29 is 13.2 Å². The highest BCUT2D eigenvalue weighted by Crippen LogP contribution is 2.24. The lowest BCUT2D eigenvalue weighted by Gasteiger charge is -2.26. The Bertz CT molecular complexity index is 698. The maximum Gasteiger partial charge on any atom is 0.251 e. The Morgan fingerprint density at radius 2 is 1.92 bits per heavy atom. The Morgan fingerprint density at radius 1 is 1.24 bits per heavy atom. The van der Waals surface area contributed by atoms with Crippen molar-refractivity contribution in [3.63, 3.8) is 0 Å². The second-order valence-corrected chi connectivity index (χ2v) is 8.71. The number of hydrogen-bond donors (Lipinski definition) is 1. The van der Waals surface area contributed by atoms with Crippen molar-refractivity contribution in [1.29, 1.82) is 0 Å². The van der Waals surface area contributed by atoms with Gasteiger partial charge in [0.2, 0.25) is 10.0 Å². The van der Waals surface area contributed by atoms with Gasteiger partial charge in [0.25, 0.3) is 5.91 Å². The fourth-order valence-corrected chi connectivity index (χ4v) is 3.73. The standard InChI is InChI=1S/C18H29N3O3S/c1-15-16(9-7-10-17(15)20(2)25(3,23)24)18(22)19-11-8-14-21-12-5-4-6-13-21/h7,9-10H,4-6,8,11-14H2,1-3H3,(H,19,22). The lowest BCUT2D eigenvalue weighted by Crippen LogP contribution is -2.33. The fourth-order valence-electron chi connectivity index (χ4n) is 3.17. The third-order valence-corrected chi connectivity index (χ3v) is 5.96. The summed E-state index contributed by atoms with van der Waals surface area (Å²) in [5, 5.41) is 2.95. The third-order valence-electron chi connectivity index (χ3n) is 4.77. The molecule has 1 aromatic rings. The van der Waals surface area contributed by atoms with Gasteiger partial charge in [-0.25, -0.2) is 8.42 Å². The highest BCUT2D eigenvalue weighted by Gasteiger charge is 2.18. The summed E-state index contributed by atoms with van der Waals surface area (Å²) in [7, 11) is -1.86. The number of rotatable bonds is 7. The van der Waals surface area contributed by atoms with Crippen molar-refractivity contribution in [3.8, 4) is 0 Å². The zero-order valence-corrected chi connectivity index (χ0v) is 16.2. The Kier molecular flexibility index (Phi) is 6.84. The molecule has 1 aliphatic heterocycles. The van der Waals surface area contributed by atoms with Crippen molar-refractivity contribution in [2.45, 2.75) is 32.6 Å². The smallest absolute Gasteiger partial charge is 0.251 e. The molecule has 1 amide bonds. The molecule has 1 aromatic carbocycles. The second kappa shape index (κ2) is 8.67.